The molecule has 1 N–H and O–H groups in total. The molecule has 0 spiro atoms. The van der Waals surface area contributed by atoms with Crippen molar-refractivity contribution in [3.63, 3.8) is 0 Å². The summed E-state index contributed by atoms with van der Waals surface area (Å²) in [4.78, 5) is 10.4. The van der Waals surface area contributed by atoms with E-state index in [4.69, 9.17) is 0 Å². The van der Waals surface area contributed by atoms with Gasteiger partial charge in [-0.25, -0.2) is 31.9 Å². The highest BCUT2D eigenvalue weighted by Crippen LogP contribution is 2.30. The standard InChI is InChI=1S/C16H14F2N4O2S2/c17-11-1-2-13(18)10(5-11)8-26(23,24)21-12-6-22(7-12)16-15-14(3-4-25-15)19-9-20-16/h1-5,9,12,21H,6-8H2. The molecule has 4 rings (SSSR count). The number of anilines is 1. The Hall–Kier alpha value is -2.17. The van der Waals surface area contributed by atoms with Gasteiger partial charge in [-0.05, 0) is 29.6 Å². The molecular weight excluding hydrogens is 382 g/mol. The summed E-state index contributed by atoms with van der Waals surface area (Å²) >= 11 is 1.53. The fraction of sp³-hybridized carbons (Fsp3) is 0.250. The lowest BCUT2D eigenvalue weighted by molar-refractivity contribution is 0.466. The summed E-state index contributed by atoms with van der Waals surface area (Å²) in [6, 6.07) is 4.37. The zero-order valence-corrected chi connectivity index (χ0v) is 15.0. The minimum atomic E-state index is -3.78. The van der Waals surface area contributed by atoms with Crippen molar-refractivity contribution in [2.24, 2.45) is 0 Å². The second kappa shape index (κ2) is 6.53. The number of nitrogens with one attached hydrogen (secondary N) is 1. The number of benzene rings is 1. The molecule has 1 aliphatic rings. The topological polar surface area (TPSA) is 75.2 Å². The van der Waals surface area contributed by atoms with Crippen LogP contribution in [0.1, 0.15) is 5.56 Å². The van der Waals surface area contributed by atoms with E-state index in [9.17, 15) is 17.2 Å². The van der Waals surface area contributed by atoms with Crippen LogP contribution < -0.4 is 9.62 Å². The first kappa shape index (κ1) is 17.3. The van der Waals surface area contributed by atoms with Crippen LogP contribution in [0.15, 0.2) is 36.0 Å². The van der Waals surface area contributed by atoms with Crippen molar-refractivity contribution in [3.8, 4) is 0 Å². The van der Waals surface area contributed by atoms with E-state index < -0.39 is 27.4 Å². The van der Waals surface area contributed by atoms with E-state index in [0.29, 0.717) is 13.1 Å². The van der Waals surface area contributed by atoms with Crippen molar-refractivity contribution in [1.82, 2.24) is 14.7 Å². The summed E-state index contributed by atoms with van der Waals surface area (Å²) in [5.41, 5.74) is 0.662. The lowest BCUT2D eigenvalue weighted by Crippen LogP contribution is -2.59. The summed E-state index contributed by atoms with van der Waals surface area (Å²) < 4.78 is 54.8. The van der Waals surface area contributed by atoms with Crippen molar-refractivity contribution in [2.75, 3.05) is 18.0 Å². The third-order valence-electron chi connectivity index (χ3n) is 4.10. The summed E-state index contributed by atoms with van der Waals surface area (Å²) in [7, 11) is -3.78. The van der Waals surface area contributed by atoms with Crippen LogP contribution in [0.2, 0.25) is 0 Å². The largest absolute Gasteiger partial charge is 0.352 e. The number of nitrogens with zero attached hydrogens (tertiary/aromatic N) is 3. The van der Waals surface area contributed by atoms with Gasteiger partial charge in [0.15, 0.2) is 0 Å². The Bertz CT molecular complexity index is 1070. The zero-order valence-electron chi connectivity index (χ0n) is 13.4. The van der Waals surface area contributed by atoms with E-state index in [1.807, 2.05) is 16.3 Å². The van der Waals surface area contributed by atoms with E-state index in [0.717, 1.165) is 34.2 Å². The fourth-order valence-electron chi connectivity index (χ4n) is 2.88. The average molecular weight is 396 g/mol. The normalized spacial score (nSPS) is 15.4. The van der Waals surface area contributed by atoms with Gasteiger partial charge in [0.1, 0.15) is 23.8 Å². The molecule has 3 heterocycles. The number of rotatable bonds is 5. The molecule has 2 aromatic heterocycles. The molecular formula is C16H14F2N4O2S2. The maximum Gasteiger partial charge on any atom is 0.216 e. The maximum atomic E-state index is 13.7. The number of thiophene rings is 1. The minimum Gasteiger partial charge on any atom is -0.352 e. The van der Waals surface area contributed by atoms with Gasteiger partial charge in [0.2, 0.25) is 10.0 Å². The molecule has 26 heavy (non-hydrogen) atoms. The first-order valence-electron chi connectivity index (χ1n) is 7.78. The van der Waals surface area contributed by atoms with Crippen LogP contribution in [-0.4, -0.2) is 37.5 Å². The molecule has 1 saturated heterocycles. The highest BCUT2D eigenvalue weighted by Gasteiger charge is 2.32. The predicted octanol–water partition coefficient (Wildman–Crippen LogP) is 2.28. The van der Waals surface area contributed by atoms with Gasteiger partial charge in [0.25, 0.3) is 0 Å². The number of aromatic nitrogens is 2. The van der Waals surface area contributed by atoms with E-state index in [1.54, 1.807) is 0 Å². The third-order valence-corrected chi connectivity index (χ3v) is 6.39. The van der Waals surface area contributed by atoms with Crippen molar-refractivity contribution in [3.05, 3.63) is 53.2 Å². The number of hydrogen-bond donors (Lipinski definition) is 1. The summed E-state index contributed by atoms with van der Waals surface area (Å²) in [5.74, 6) is -1.24. The van der Waals surface area contributed by atoms with Gasteiger partial charge in [0, 0.05) is 18.7 Å². The van der Waals surface area contributed by atoms with Crippen LogP contribution in [0, 0.1) is 11.6 Å². The second-order valence-corrected chi connectivity index (χ2v) is 8.72. The van der Waals surface area contributed by atoms with Crippen LogP contribution in [-0.2, 0) is 15.8 Å². The highest BCUT2D eigenvalue weighted by molar-refractivity contribution is 7.88. The molecule has 136 valence electrons. The highest BCUT2D eigenvalue weighted by atomic mass is 32.2. The fourth-order valence-corrected chi connectivity index (χ4v) is 5.11. The molecule has 0 bridgehead atoms. The minimum absolute atomic E-state index is 0.190. The molecule has 0 saturated carbocycles. The number of hydrogen-bond acceptors (Lipinski definition) is 6. The first-order chi connectivity index (χ1) is 12.4. The van der Waals surface area contributed by atoms with Gasteiger partial charge in [-0.2, -0.15) is 0 Å². The van der Waals surface area contributed by atoms with Gasteiger partial charge < -0.3 is 4.90 Å². The Morgan fingerprint density at radius 3 is 2.85 bits per heavy atom. The molecule has 3 aromatic rings. The third kappa shape index (κ3) is 3.39. The first-order valence-corrected chi connectivity index (χ1v) is 10.3. The van der Waals surface area contributed by atoms with Gasteiger partial charge in [0.05, 0.1) is 22.0 Å². The summed E-state index contributed by atoms with van der Waals surface area (Å²) in [6.45, 7) is 0.907. The molecule has 10 heteroatoms. The molecule has 0 amide bonds. The Labute approximate surface area is 152 Å². The number of sulfonamides is 1. The van der Waals surface area contributed by atoms with Gasteiger partial charge in [-0.15, -0.1) is 11.3 Å². The average Bonchev–Trinajstić information content (AvgIpc) is 3.02. The molecule has 0 atom stereocenters. The van der Waals surface area contributed by atoms with Gasteiger partial charge in [-0.3, -0.25) is 0 Å². The quantitative estimate of drug-likeness (QED) is 0.716. The molecule has 6 nitrogen and oxygen atoms in total. The Morgan fingerprint density at radius 1 is 1.23 bits per heavy atom. The van der Waals surface area contributed by atoms with Crippen molar-refractivity contribution in [2.45, 2.75) is 11.8 Å². The van der Waals surface area contributed by atoms with Crippen LogP contribution in [0.25, 0.3) is 10.2 Å². The predicted molar refractivity (Wildman–Crippen MR) is 95.5 cm³/mol. The molecule has 0 aliphatic carbocycles. The van der Waals surface area contributed by atoms with Crippen LogP contribution in [0.5, 0.6) is 0 Å². The molecule has 1 aliphatic heterocycles. The number of halogens is 2. The molecule has 0 radical (unpaired) electrons. The van der Waals surface area contributed by atoms with E-state index in [-0.39, 0.29) is 11.6 Å². The maximum absolute atomic E-state index is 13.7. The SMILES string of the molecule is O=S(=O)(Cc1cc(F)ccc1F)NC1CN(c2ncnc3ccsc23)C1. The Morgan fingerprint density at radius 2 is 2.04 bits per heavy atom. The second-order valence-electron chi connectivity index (χ2n) is 6.05. The van der Waals surface area contributed by atoms with E-state index >= 15 is 0 Å². The molecule has 0 unspecified atom stereocenters. The van der Waals surface area contributed by atoms with Crippen LogP contribution >= 0.6 is 11.3 Å². The van der Waals surface area contributed by atoms with Crippen LogP contribution in [0.3, 0.4) is 0 Å². The van der Waals surface area contributed by atoms with Crippen LogP contribution in [0.4, 0.5) is 14.6 Å². The number of fused-ring (bicyclic) bond motifs is 1. The molecule has 1 fully saturated rings. The van der Waals surface area contributed by atoms with Crippen molar-refractivity contribution in [1.29, 1.82) is 0 Å². The summed E-state index contributed by atoms with van der Waals surface area (Å²) in [6.07, 6.45) is 1.48. The summed E-state index contributed by atoms with van der Waals surface area (Å²) in [5, 5.41) is 1.93. The Kier molecular flexibility index (Phi) is 4.33. The lowest BCUT2D eigenvalue weighted by atomic mass is 10.1. The zero-order chi connectivity index (χ0) is 18.3. The van der Waals surface area contributed by atoms with Crippen molar-refractivity contribution < 1.29 is 17.2 Å². The monoisotopic (exact) mass is 396 g/mol. The smallest absolute Gasteiger partial charge is 0.216 e. The Balaban J connectivity index is 1.42. The van der Waals surface area contributed by atoms with Gasteiger partial charge >= 0.3 is 0 Å². The van der Waals surface area contributed by atoms with Crippen molar-refractivity contribution >= 4 is 37.4 Å². The molecule has 1 aromatic carbocycles. The van der Waals surface area contributed by atoms with E-state index in [1.165, 1.54) is 17.7 Å². The lowest BCUT2D eigenvalue weighted by Gasteiger charge is -2.40. The van der Waals surface area contributed by atoms with E-state index in [2.05, 4.69) is 14.7 Å². The van der Waals surface area contributed by atoms with Gasteiger partial charge in [-0.1, -0.05) is 0 Å².